The molecule has 0 saturated carbocycles. The molecule has 0 heterocycles. The van der Waals surface area contributed by atoms with E-state index >= 15 is 0 Å². The molecule has 0 rings (SSSR count). The molecule has 1 atom stereocenters. The van der Waals surface area contributed by atoms with Crippen LogP contribution in [-0.2, 0) is 9.59 Å². The van der Waals surface area contributed by atoms with Crippen molar-refractivity contribution in [1.29, 1.82) is 0 Å². The van der Waals surface area contributed by atoms with Crippen LogP contribution in [0.5, 0.6) is 0 Å². The summed E-state index contributed by atoms with van der Waals surface area (Å²) in [6, 6.07) is 0. The van der Waals surface area contributed by atoms with Crippen LogP contribution in [0, 0.1) is 0 Å². The van der Waals surface area contributed by atoms with Crippen LogP contribution in [0.3, 0.4) is 0 Å². The van der Waals surface area contributed by atoms with Crippen LogP contribution in [-0.4, -0.2) is 53.8 Å². The van der Waals surface area contributed by atoms with Gasteiger partial charge in [-0.25, -0.2) is 0 Å². The number of halogens is 3. The van der Waals surface area contributed by atoms with Crippen LogP contribution in [0.1, 0.15) is 6.92 Å². The first-order chi connectivity index (χ1) is 8.07. The molecule has 3 N–H and O–H groups in total. The predicted octanol–water partition coefficient (Wildman–Crippen LogP) is -0.105. The first-order valence-electron chi connectivity index (χ1n) is 4.91. The van der Waals surface area contributed by atoms with Crippen LogP contribution in [0.4, 0.5) is 13.2 Å². The van der Waals surface area contributed by atoms with Gasteiger partial charge < -0.3 is 15.7 Å². The Morgan fingerprint density at radius 1 is 1.17 bits per heavy atom. The highest BCUT2D eigenvalue weighted by Crippen LogP contribution is 2.12. The van der Waals surface area contributed by atoms with Crippen molar-refractivity contribution in [2.75, 3.05) is 25.1 Å². The number of nitrogens with one attached hydrogen (secondary N) is 2. The van der Waals surface area contributed by atoms with Crippen LogP contribution in [0.25, 0.3) is 0 Å². The van der Waals surface area contributed by atoms with E-state index in [1.54, 1.807) is 6.26 Å². The molecule has 0 unspecified atom stereocenters. The smallest absolute Gasteiger partial charge is 0.387 e. The van der Waals surface area contributed by atoms with Gasteiger partial charge >= 0.3 is 18.0 Å². The average Bonchev–Trinajstić information content (AvgIpc) is 2.21. The van der Waals surface area contributed by atoms with Crippen molar-refractivity contribution < 1.29 is 27.9 Å². The summed E-state index contributed by atoms with van der Waals surface area (Å²) in [7, 11) is 0. The first kappa shape index (κ1) is 17.0. The van der Waals surface area contributed by atoms with E-state index in [1.165, 1.54) is 24.0 Å². The number of carbonyl (C=O) groups is 2. The average molecular weight is 288 g/mol. The van der Waals surface area contributed by atoms with E-state index in [-0.39, 0.29) is 6.54 Å². The van der Waals surface area contributed by atoms with Gasteiger partial charge in [0, 0.05) is 12.3 Å². The van der Waals surface area contributed by atoms with E-state index < -0.39 is 30.1 Å². The Kier molecular flexibility index (Phi) is 6.47. The molecule has 9 heteroatoms. The van der Waals surface area contributed by atoms with Crippen LogP contribution in [0.2, 0.25) is 0 Å². The molecule has 0 aliphatic heterocycles. The molecular weight excluding hydrogens is 273 g/mol. The van der Waals surface area contributed by atoms with Gasteiger partial charge in [-0.2, -0.15) is 24.9 Å². The summed E-state index contributed by atoms with van der Waals surface area (Å²) in [5, 5.41) is 13.1. The maximum atomic E-state index is 11.8. The molecular formula is C9H15F3N2O3S. The minimum atomic E-state index is -4.57. The summed E-state index contributed by atoms with van der Waals surface area (Å²) in [4.78, 5) is 22.1. The van der Waals surface area contributed by atoms with Crippen molar-refractivity contribution in [3.05, 3.63) is 0 Å². The normalized spacial score (nSPS) is 14.8. The van der Waals surface area contributed by atoms with Gasteiger partial charge in [0.15, 0.2) is 0 Å². The third kappa shape index (κ3) is 8.18. The first-order valence-corrected chi connectivity index (χ1v) is 6.31. The van der Waals surface area contributed by atoms with Crippen molar-refractivity contribution in [3.63, 3.8) is 0 Å². The molecule has 0 saturated heterocycles. The van der Waals surface area contributed by atoms with E-state index in [9.17, 15) is 27.9 Å². The summed E-state index contributed by atoms with van der Waals surface area (Å²) >= 11 is 1.33. The summed E-state index contributed by atoms with van der Waals surface area (Å²) < 4.78 is 35.3. The zero-order valence-electron chi connectivity index (χ0n) is 9.93. The Labute approximate surface area is 106 Å². The standard InChI is InChI=1S/C9H15F3N2O3S/c1-8(17,5-18-2)3-13-6(15)7(16)14-4-9(10,11)12/h17H,3-5H2,1-2H3,(H,13,15)(H,14,16)/t8-/m0/s1. The van der Waals surface area contributed by atoms with E-state index in [0.717, 1.165) is 0 Å². The van der Waals surface area contributed by atoms with Crippen LogP contribution in [0.15, 0.2) is 0 Å². The summed E-state index contributed by atoms with van der Waals surface area (Å²) in [6.07, 6.45) is -2.83. The number of hydrogen-bond donors (Lipinski definition) is 3. The fourth-order valence-corrected chi connectivity index (χ4v) is 1.70. The molecule has 0 bridgehead atoms. The van der Waals surface area contributed by atoms with Gasteiger partial charge in [-0.1, -0.05) is 0 Å². The summed E-state index contributed by atoms with van der Waals surface area (Å²) in [6.45, 7) is -0.343. The number of hydrogen-bond acceptors (Lipinski definition) is 4. The summed E-state index contributed by atoms with van der Waals surface area (Å²) in [5.74, 6) is -2.27. The minimum Gasteiger partial charge on any atom is -0.387 e. The Hall–Kier alpha value is -0.960. The molecule has 0 aromatic rings. The Bertz CT molecular complexity index is 308. The molecule has 106 valence electrons. The quantitative estimate of drug-likeness (QED) is 0.617. The Morgan fingerprint density at radius 3 is 2.00 bits per heavy atom. The van der Waals surface area contributed by atoms with Crippen molar-refractivity contribution in [2.24, 2.45) is 0 Å². The largest absolute Gasteiger partial charge is 0.405 e. The Morgan fingerprint density at radius 2 is 1.61 bits per heavy atom. The molecule has 0 aliphatic carbocycles. The zero-order chi connectivity index (χ0) is 14.4. The van der Waals surface area contributed by atoms with Crippen molar-refractivity contribution >= 4 is 23.6 Å². The number of carbonyl (C=O) groups excluding carboxylic acids is 2. The van der Waals surface area contributed by atoms with Crippen LogP contribution >= 0.6 is 11.8 Å². The second kappa shape index (κ2) is 6.83. The third-order valence-electron chi connectivity index (χ3n) is 1.74. The molecule has 5 nitrogen and oxygen atoms in total. The highest BCUT2D eigenvalue weighted by atomic mass is 32.2. The van der Waals surface area contributed by atoms with Crippen molar-refractivity contribution in [3.8, 4) is 0 Å². The highest BCUT2D eigenvalue weighted by Gasteiger charge is 2.29. The predicted molar refractivity (Wildman–Crippen MR) is 61.1 cm³/mol. The molecule has 2 amide bonds. The van der Waals surface area contributed by atoms with Crippen LogP contribution < -0.4 is 10.6 Å². The van der Waals surface area contributed by atoms with E-state index in [1.807, 2.05) is 0 Å². The zero-order valence-corrected chi connectivity index (χ0v) is 10.7. The van der Waals surface area contributed by atoms with Gasteiger partial charge in [0.2, 0.25) is 0 Å². The molecule has 0 aromatic carbocycles. The minimum absolute atomic E-state index is 0.216. The number of thioether (sulfide) groups is 1. The lowest BCUT2D eigenvalue weighted by molar-refractivity contribution is -0.146. The second-order valence-electron chi connectivity index (χ2n) is 3.91. The lowest BCUT2D eigenvalue weighted by Gasteiger charge is -2.22. The van der Waals surface area contributed by atoms with Gasteiger partial charge in [0.1, 0.15) is 6.54 Å². The Balaban J connectivity index is 4.06. The van der Waals surface area contributed by atoms with Gasteiger partial charge in [-0.15, -0.1) is 0 Å². The van der Waals surface area contributed by atoms with E-state index in [4.69, 9.17) is 0 Å². The lowest BCUT2D eigenvalue weighted by Crippen LogP contribution is -2.48. The monoisotopic (exact) mass is 288 g/mol. The van der Waals surface area contributed by atoms with E-state index in [2.05, 4.69) is 5.32 Å². The fraction of sp³-hybridized carbons (Fsp3) is 0.778. The number of rotatable bonds is 5. The number of alkyl halides is 3. The van der Waals surface area contributed by atoms with Gasteiger partial charge in [-0.3, -0.25) is 9.59 Å². The van der Waals surface area contributed by atoms with Gasteiger partial charge in [0.05, 0.1) is 5.60 Å². The molecule has 0 aromatic heterocycles. The lowest BCUT2D eigenvalue weighted by atomic mass is 10.1. The molecule has 18 heavy (non-hydrogen) atoms. The highest BCUT2D eigenvalue weighted by molar-refractivity contribution is 7.98. The van der Waals surface area contributed by atoms with Crippen molar-refractivity contribution in [1.82, 2.24) is 10.6 Å². The number of amides is 2. The molecule has 0 radical (unpaired) electrons. The molecule has 0 fully saturated rings. The summed E-state index contributed by atoms with van der Waals surface area (Å²) in [5.41, 5.74) is -1.22. The fourth-order valence-electron chi connectivity index (χ4n) is 0.974. The maximum absolute atomic E-state index is 11.8. The molecule has 0 spiro atoms. The van der Waals surface area contributed by atoms with Crippen molar-refractivity contribution in [2.45, 2.75) is 18.7 Å². The third-order valence-corrected chi connectivity index (χ3v) is 2.65. The second-order valence-corrected chi connectivity index (χ2v) is 4.78. The topological polar surface area (TPSA) is 78.4 Å². The van der Waals surface area contributed by atoms with E-state index in [0.29, 0.717) is 5.75 Å². The van der Waals surface area contributed by atoms with Gasteiger partial charge in [0.25, 0.3) is 0 Å². The maximum Gasteiger partial charge on any atom is 0.405 e. The SMILES string of the molecule is CSC[C@@](C)(O)CNC(=O)C(=O)NCC(F)(F)F. The molecule has 0 aliphatic rings. The van der Waals surface area contributed by atoms with Gasteiger partial charge in [-0.05, 0) is 13.2 Å². The number of aliphatic hydroxyl groups is 1.